The van der Waals surface area contributed by atoms with Crippen molar-refractivity contribution in [1.82, 2.24) is 5.32 Å². The molecular weight excluding hydrogens is 456 g/mol. The third kappa shape index (κ3) is 4.28. The van der Waals surface area contributed by atoms with E-state index in [2.05, 4.69) is 38.7 Å². The molecule has 3 atom stereocenters. The van der Waals surface area contributed by atoms with Crippen molar-refractivity contribution in [3.8, 4) is 0 Å². The van der Waals surface area contributed by atoms with Gasteiger partial charge >= 0.3 is 0 Å². The first kappa shape index (κ1) is 22.0. The van der Waals surface area contributed by atoms with Gasteiger partial charge in [-0.05, 0) is 60.6 Å². The molecule has 0 aromatic heterocycles. The van der Waals surface area contributed by atoms with E-state index in [0.29, 0.717) is 18.0 Å². The zero-order chi connectivity index (χ0) is 22.0. The summed E-state index contributed by atoms with van der Waals surface area (Å²) in [5.74, 6) is -1.50. The number of aliphatic hydroxyl groups is 1. The predicted octanol–water partition coefficient (Wildman–Crippen LogP) is 4.85. The van der Waals surface area contributed by atoms with Gasteiger partial charge in [0.05, 0.1) is 5.54 Å². The van der Waals surface area contributed by atoms with Crippen molar-refractivity contribution in [3.63, 3.8) is 0 Å². The van der Waals surface area contributed by atoms with E-state index in [9.17, 15) is 14.7 Å². The van der Waals surface area contributed by atoms with Gasteiger partial charge in [-0.15, -0.1) is 0 Å². The molecule has 4 rings (SSSR count). The molecule has 2 aliphatic rings. The average molecular weight is 485 g/mol. The Hall–Kier alpha value is -2.18. The van der Waals surface area contributed by atoms with Crippen LogP contribution in [0.15, 0.2) is 53.0 Å². The number of aliphatic hydroxyl groups excluding tert-OH is 1. The minimum Gasteiger partial charge on any atom is -0.389 e. The summed E-state index contributed by atoms with van der Waals surface area (Å²) in [6, 6.07) is 15.4. The lowest BCUT2D eigenvalue weighted by atomic mass is 9.80. The van der Waals surface area contributed by atoms with Gasteiger partial charge in [-0.2, -0.15) is 0 Å². The van der Waals surface area contributed by atoms with E-state index in [1.165, 1.54) is 37.7 Å². The Bertz CT molecular complexity index is 938. The van der Waals surface area contributed by atoms with Gasteiger partial charge in [0, 0.05) is 10.2 Å². The number of halogens is 1. The van der Waals surface area contributed by atoms with Crippen molar-refractivity contribution >= 4 is 33.4 Å². The molecule has 3 unspecified atom stereocenters. The number of hydrogen-bond donors (Lipinski definition) is 3. The van der Waals surface area contributed by atoms with E-state index in [4.69, 9.17) is 0 Å². The van der Waals surface area contributed by atoms with Crippen molar-refractivity contribution in [2.45, 2.75) is 63.0 Å². The molecule has 2 amide bonds. The van der Waals surface area contributed by atoms with Gasteiger partial charge in [-0.1, -0.05) is 66.4 Å². The molecule has 0 bridgehead atoms. The van der Waals surface area contributed by atoms with Gasteiger partial charge in [0.2, 0.25) is 11.8 Å². The highest BCUT2D eigenvalue weighted by molar-refractivity contribution is 9.10. The second kappa shape index (κ2) is 9.13. The maximum atomic E-state index is 13.0. The molecule has 3 N–H and O–H groups in total. The number of carbonyl (C=O) groups is 2. The lowest BCUT2D eigenvalue weighted by molar-refractivity contribution is -0.132. The highest BCUT2D eigenvalue weighted by atomic mass is 79.9. The molecule has 6 heteroatoms. The summed E-state index contributed by atoms with van der Waals surface area (Å²) >= 11 is 3.41. The molecule has 2 aromatic rings. The van der Waals surface area contributed by atoms with Crippen LogP contribution in [-0.2, 0) is 15.1 Å². The van der Waals surface area contributed by atoms with Crippen molar-refractivity contribution in [2.75, 3.05) is 5.32 Å². The molecule has 5 nitrogen and oxygen atoms in total. The summed E-state index contributed by atoms with van der Waals surface area (Å²) in [5, 5.41) is 16.8. The largest absolute Gasteiger partial charge is 0.389 e. The summed E-state index contributed by atoms with van der Waals surface area (Å²) in [6.07, 6.45) is 5.61. The monoisotopic (exact) mass is 484 g/mol. The van der Waals surface area contributed by atoms with Crippen molar-refractivity contribution < 1.29 is 14.7 Å². The zero-order valence-electron chi connectivity index (χ0n) is 17.7. The van der Waals surface area contributed by atoms with Gasteiger partial charge in [-0.3, -0.25) is 9.59 Å². The van der Waals surface area contributed by atoms with Crippen molar-refractivity contribution in [1.29, 1.82) is 0 Å². The fourth-order valence-corrected chi connectivity index (χ4v) is 5.31. The number of anilines is 1. The molecule has 1 heterocycles. The molecule has 1 aliphatic carbocycles. The Kier molecular flexibility index (Phi) is 6.49. The third-order valence-corrected chi connectivity index (χ3v) is 7.43. The molecule has 0 radical (unpaired) electrons. The van der Waals surface area contributed by atoms with Crippen LogP contribution in [0.4, 0.5) is 5.69 Å². The van der Waals surface area contributed by atoms with Crippen LogP contribution in [0.25, 0.3) is 0 Å². The van der Waals surface area contributed by atoms with Crippen LogP contribution >= 0.6 is 15.9 Å². The maximum absolute atomic E-state index is 13.0. The summed E-state index contributed by atoms with van der Waals surface area (Å²) in [5.41, 5.74) is 1.75. The number of hydrogen-bond acceptors (Lipinski definition) is 3. The van der Waals surface area contributed by atoms with E-state index in [1.54, 1.807) is 0 Å². The highest BCUT2D eigenvalue weighted by Crippen LogP contribution is 2.39. The maximum Gasteiger partial charge on any atom is 0.239 e. The van der Waals surface area contributed by atoms with E-state index in [1.807, 2.05) is 43.3 Å². The number of nitrogens with one attached hydrogen (secondary N) is 2. The van der Waals surface area contributed by atoms with Gasteiger partial charge in [-0.25, -0.2) is 0 Å². The van der Waals surface area contributed by atoms with Gasteiger partial charge in [0.1, 0.15) is 12.0 Å². The SMILES string of the molecule is CCC1(c2ccc(Br)cc2)NC(=O)C(C(=O)Nc2ccc(C3CCCCC3)cc2)C1O. The van der Waals surface area contributed by atoms with Crippen molar-refractivity contribution in [3.05, 3.63) is 64.1 Å². The van der Waals surface area contributed by atoms with E-state index in [0.717, 1.165) is 10.0 Å². The molecule has 2 fully saturated rings. The van der Waals surface area contributed by atoms with Crippen LogP contribution < -0.4 is 10.6 Å². The van der Waals surface area contributed by atoms with E-state index in [-0.39, 0.29) is 0 Å². The number of carbonyl (C=O) groups excluding carboxylic acids is 2. The van der Waals surface area contributed by atoms with Crippen LogP contribution in [0, 0.1) is 5.92 Å². The number of rotatable bonds is 5. The number of benzene rings is 2. The molecule has 2 aromatic carbocycles. The molecular formula is C25H29BrN2O3. The molecule has 31 heavy (non-hydrogen) atoms. The second-order valence-electron chi connectivity index (χ2n) is 8.69. The van der Waals surface area contributed by atoms with E-state index >= 15 is 0 Å². The summed E-state index contributed by atoms with van der Waals surface area (Å²) in [6.45, 7) is 1.90. The van der Waals surface area contributed by atoms with Crippen LogP contribution in [0.2, 0.25) is 0 Å². The Morgan fingerprint density at radius 2 is 1.74 bits per heavy atom. The molecule has 1 aliphatic heterocycles. The topological polar surface area (TPSA) is 78.4 Å². The van der Waals surface area contributed by atoms with Crippen LogP contribution in [-0.4, -0.2) is 23.0 Å². The Morgan fingerprint density at radius 3 is 2.35 bits per heavy atom. The van der Waals surface area contributed by atoms with Gasteiger partial charge < -0.3 is 15.7 Å². The van der Waals surface area contributed by atoms with Crippen molar-refractivity contribution in [2.24, 2.45) is 5.92 Å². The smallest absolute Gasteiger partial charge is 0.239 e. The molecule has 1 saturated heterocycles. The zero-order valence-corrected chi connectivity index (χ0v) is 19.3. The lowest BCUT2D eigenvalue weighted by Crippen LogP contribution is -2.46. The minimum atomic E-state index is -1.17. The Morgan fingerprint density at radius 1 is 1.10 bits per heavy atom. The van der Waals surface area contributed by atoms with Gasteiger partial charge in [0.25, 0.3) is 0 Å². The fraction of sp³-hybridized carbons (Fsp3) is 0.440. The van der Waals surface area contributed by atoms with Crippen LogP contribution in [0.5, 0.6) is 0 Å². The standard InChI is InChI=1S/C25H29BrN2O3/c1-2-25(18-10-12-19(26)13-11-18)22(29)21(24(31)28-25)23(30)27-20-14-8-17(9-15-20)16-6-4-3-5-7-16/h8-16,21-22,29H,2-7H2,1H3,(H,27,30)(H,28,31). The first-order valence-corrected chi connectivity index (χ1v) is 11.9. The highest BCUT2D eigenvalue weighted by Gasteiger charge is 2.55. The van der Waals surface area contributed by atoms with Crippen LogP contribution in [0.3, 0.4) is 0 Å². The molecule has 164 valence electrons. The lowest BCUT2D eigenvalue weighted by Gasteiger charge is -2.32. The van der Waals surface area contributed by atoms with Gasteiger partial charge in [0.15, 0.2) is 0 Å². The fourth-order valence-electron chi connectivity index (χ4n) is 5.05. The second-order valence-corrected chi connectivity index (χ2v) is 9.61. The van der Waals surface area contributed by atoms with E-state index < -0.39 is 29.4 Å². The summed E-state index contributed by atoms with van der Waals surface area (Å²) in [7, 11) is 0. The normalized spacial score (nSPS) is 26.5. The summed E-state index contributed by atoms with van der Waals surface area (Å²) < 4.78 is 0.910. The first-order valence-electron chi connectivity index (χ1n) is 11.1. The quantitative estimate of drug-likeness (QED) is 0.530. The Labute approximate surface area is 191 Å². The number of amides is 2. The average Bonchev–Trinajstić information content (AvgIpc) is 3.05. The Balaban J connectivity index is 1.49. The first-order chi connectivity index (χ1) is 14.9. The minimum absolute atomic E-state index is 0.450. The molecule has 1 saturated carbocycles. The molecule has 0 spiro atoms. The third-order valence-electron chi connectivity index (χ3n) is 6.90. The van der Waals surface area contributed by atoms with Crippen LogP contribution in [0.1, 0.15) is 62.5 Å². The summed E-state index contributed by atoms with van der Waals surface area (Å²) in [4.78, 5) is 25.7. The predicted molar refractivity (Wildman–Crippen MR) is 125 cm³/mol.